The van der Waals surface area contributed by atoms with Crippen LogP contribution in [0.4, 0.5) is 0 Å². The molecule has 0 bridgehead atoms. The summed E-state index contributed by atoms with van der Waals surface area (Å²) in [5.41, 5.74) is 5.85. The molecule has 1 aliphatic rings. The first kappa shape index (κ1) is 8.02. The molecule has 2 heteroatoms. The maximum absolute atomic E-state index is 5.85. The predicted molar refractivity (Wildman–Crippen MR) is 43.9 cm³/mol. The average Bonchev–Trinajstić information content (AvgIpc) is 1.82. The molecule has 0 unspecified atom stereocenters. The second kappa shape index (κ2) is 2.89. The van der Waals surface area contributed by atoms with Gasteiger partial charge in [-0.3, -0.25) is 0 Å². The first-order valence-corrected chi connectivity index (χ1v) is 4.08. The van der Waals surface area contributed by atoms with E-state index in [4.69, 9.17) is 5.73 Å². The summed E-state index contributed by atoms with van der Waals surface area (Å²) in [4.78, 5) is 2.41. The van der Waals surface area contributed by atoms with Crippen LogP contribution >= 0.6 is 0 Å². The van der Waals surface area contributed by atoms with Crippen molar-refractivity contribution < 1.29 is 0 Å². The maximum atomic E-state index is 5.85. The molecule has 1 fully saturated rings. The van der Waals surface area contributed by atoms with E-state index in [-0.39, 0.29) is 0 Å². The Labute approximate surface area is 63.4 Å². The first-order valence-electron chi connectivity index (χ1n) is 4.08. The molecule has 2 atom stereocenters. The van der Waals surface area contributed by atoms with E-state index in [1.807, 2.05) is 0 Å². The third-order valence-electron chi connectivity index (χ3n) is 2.68. The molecule has 2 N–H and O–H groups in total. The third-order valence-corrected chi connectivity index (χ3v) is 2.68. The fourth-order valence-electron chi connectivity index (χ4n) is 1.74. The van der Waals surface area contributed by atoms with Crippen molar-refractivity contribution in [1.29, 1.82) is 0 Å². The van der Waals surface area contributed by atoms with Gasteiger partial charge in [0.1, 0.15) is 0 Å². The van der Waals surface area contributed by atoms with Crippen LogP contribution < -0.4 is 5.73 Å². The number of likely N-dealkylation sites (tertiary alicyclic amines) is 1. The van der Waals surface area contributed by atoms with Crippen molar-refractivity contribution in [1.82, 2.24) is 4.90 Å². The van der Waals surface area contributed by atoms with E-state index in [2.05, 4.69) is 25.8 Å². The van der Waals surface area contributed by atoms with Crippen LogP contribution in [0.2, 0.25) is 0 Å². The van der Waals surface area contributed by atoms with Gasteiger partial charge in [-0.25, -0.2) is 0 Å². The molecule has 0 amide bonds. The second-order valence-corrected chi connectivity index (χ2v) is 3.59. The van der Waals surface area contributed by atoms with E-state index < -0.39 is 0 Å². The Bertz CT molecular complexity index is 102. The van der Waals surface area contributed by atoms with Gasteiger partial charge in [0.05, 0.1) is 0 Å². The topological polar surface area (TPSA) is 29.3 Å². The van der Waals surface area contributed by atoms with Crippen LogP contribution in [0.15, 0.2) is 0 Å². The van der Waals surface area contributed by atoms with Crippen molar-refractivity contribution >= 4 is 0 Å². The van der Waals surface area contributed by atoms with E-state index >= 15 is 0 Å². The molecule has 1 rings (SSSR count). The fourth-order valence-corrected chi connectivity index (χ4v) is 1.74. The summed E-state index contributed by atoms with van der Waals surface area (Å²) in [6.45, 7) is 4.49. The summed E-state index contributed by atoms with van der Waals surface area (Å²) < 4.78 is 0. The van der Waals surface area contributed by atoms with Crippen molar-refractivity contribution in [2.75, 3.05) is 7.05 Å². The lowest BCUT2D eigenvalue weighted by molar-refractivity contribution is 0.124. The number of hydrogen-bond donors (Lipinski definition) is 1. The van der Waals surface area contributed by atoms with Crippen molar-refractivity contribution in [3.8, 4) is 0 Å². The highest BCUT2D eigenvalue weighted by molar-refractivity contribution is 4.83. The normalized spacial score (nSPS) is 43.8. The second-order valence-electron chi connectivity index (χ2n) is 3.59. The highest BCUT2D eigenvalue weighted by Gasteiger charge is 2.25. The van der Waals surface area contributed by atoms with Crippen LogP contribution in [0.5, 0.6) is 0 Å². The predicted octanol–water partition coefficient (Wildman–Crippen LogP) is 0.816. The van der Waals surface area contributed by atoms with E-state index in [0.29, 0.717) is 18.1 Å². The van der Waals surface area contributed by atoms with Gasteiger partial charge in [0.25, 0.3) is 0 Å². The number of nitrogens with two attached hydrogens (primary N) is 1. The smallest absolute Gasteiger partial charge is 0.00814 e. The van der Waals surface area contributed by atoms with E-state index in [9.17, 15) is 0 Å². The highest BCUT2D eigenvalue weighted by atomic mass is 15.2. The van der Waals surface area contributed by atoms with Crippen LogP contribution in [0.1, 0.15) is 26.7 Å². The minimum Gasteiger partial charge on any atom is -0.328 e. The van der Waals surface area contributed by atoms with Crippen LogP contribution in [0.3, 0.4) is 0 Å². The molecule has 0 aromatic carbocycles. The van der Waals surface area contributed by atoms with Gasteiger partial charge >= 0.3 is 0 Å². The zero-order valence-corrected chi connectivity index (χ0v) is 7.17. The van der Waals surface area contributed by atoms with Gasteiger partial charge < -0.3 is 10.6 Å². The Balaban J connectivity index is 2.49. The van der Waals surface area contributed by atoms with Crippen molar-refractivity contribution in [3.05, 3.63) is 0 Å². The molecule has 0 aromatic rings. The molecular formula is C8H18N2. The lowest BCUT2D eigenvalue weighted by atomic mass is 9.94. The first-order chi connectivity index (χ1) is 4.61. The molecule has 2 nitrogen and oxygen atoms in total. The molecule has 1 saturated heterocycles. The third kappa shape index (κ3) is 1.50. The van der Waals surface area contributed by atoms with Crippen LogP contribution in [0.25, 0.3) is 0 Å². The van der Waals surface area contributed by atoms with Crippen molar-refractivity contribution in [2.24, 2.45) is 5.73 Å². The number of piperidine rings is 1. The maximum Gasteiger partial charge on any atom is 0.00814 e. The summed E-state index contributed by atoms with van der Waals surface area (Å²) in [5.74, 6) is 0. The van der Waals surface area contributed by atoms with E-state index in [1.54, 1.807) is 0 Å². The molecule has 10 heavy (non-hydrogen) atoms. The standard InChI is InChI=1S/C8H18N2/c1-6-4-8(9)5-7(2)10(6)3/h6-8H,4-5,9H2,1-3H3/t6-,7-/m1/s1. The number of rotatable bonds is 0. The van der Waals surface area contributed by atoms with Gasteiger partial charge in [-0.1, -0.05) is 0 Å². The van der Waals surface area contributed by atoms with Gasteiger partial charge in [-0.05, 0) is 33.7 Å². The molecule has 0 aliphatic carbocycles. The van der Waals surface area contributed by atoms with Gasteiger partial charge in [0.15, 0.2) is 0 Å². The fraction of sp³-hybridized carbons (Fsp3) is 1.00. The lowest BCUT2D eigenvalue weighted by Crippen LogP contribution is -2.48. The van der Waals surface area contributed by atoms with E-state index in [1.165, 1.54) is 0 Å². The Kier molecular flexibility index (Phi) is 2.32. The zero-order valence-electron chi connectivity index (χ0n) is 7.17. The summed E-state index contributed by atoms with van der Waals surface area (Å²) in [7, 11) is 2.18. The quantitative estimate of drug-likeness (QED) is 0.542. The highest BCUT2D eigenvalue weighted by Crippen LogP contribution is 2.19. The van der Waals surface area contributed by atoms with Gasteiger partial charge in [0, 0.05) is 18.1 Å². The molecule has 0 radical (unpaired) electrons. The molecule has 0 spiro atoms. The summed E-state index contributed by atoms with van der Waals surface area (Å²) >= 11 is 0. The molecular weight excluding hydrogens is 124 g/mol. The van der Waals surface area contributed by atoms with Gasteiger partial charge in [-0.15, -0.1) is 0 Å². The molecule has 1 aliphatic heterocycles. The summed E-state index contributed by atoms with van der Waals surface area (Å²) in [6.07, 6.45) is 2.31. The molecule has 0 saturated carbocycles. The molecule has 60 valence electrons. The minimum atomic E-state index is 0.432. The lowest BCUT2D eigenvalue weighted by Gasteiger charge is -2.38. The van der Waals surface area contributed by atoms with Crippen molar-refractivity contribution in [3.63, 3.8) is 0 Å². The molecule has 0 aromatic heterocycles. The number of hydrogen-bond acceptors (Lipinski definition) is 2. The largest absolute Gasteiger partial charge is 0.328 e. The Morgan fingerprint density at radius 3 is 2.00 bits per heavy atom. The van der Waals surface area contributed by atoms with Crippen LogP contribution in [0, 0.1) is 0 Å². The Hall–Kier alpha value is -0.0800. The van der Waals surface area contributed by atoms with Crippen LogP contribution in [-0.2, 0) is 0 Å². The van der Waals surface area contributed by atoms with Crippen LogP contribution in [-0.4, -0.2) is 30.1 Å². The number of nitrogens with zero attached hydrogens (tertiary/aromatic N) is 1. The SMILES string of the molecule is C[C@@H]1CC(N)C[C@@H](C)N1C. The monoisotopic (exact) mass is 142 g/mol. The molecule has 1 heterocycles. The Morgan fingerprint density at radius 1 is 1.20 bits per heavy atom. The average molecular weight is 142 g/mol. The zero-order chi connectivity index (χ0) is 7.72. The van der Waals surface area contributed by atoms with Gasteiger partial charge in [-0.2, -0.15) is 0 Å². The Morgan fingerprint density at radius 2 is 1.60 bits per heavy atom. The minimum absolute atomic E-state index is 0.432. The summed E-state index contributed by atoms with van der Waals surface area (Å²) in [6, 6.07) is 1.76. The van der Waals surface area contributed by atoms with E-state index in [0.717, 1.165) is 12.8 Å². The van der Waals surface area contributed by atoms with Crippen molar-refractivity contribution in [2.45, 2.75) is 44.8 Å². The summed E-state index contributed by atoms with van der Waals surface area (Å²) in [5, 5.41) is 0. The van der Waals surface area contributed by atoms with Gasteiger partial charge in [0.2, 0.25) is 0 Å².